The fourth-order valence-corrected chi connectivity index (χ4v) is 2.48. The van der Waals surface area contributed by atoms with E-state index < -0.39 is 0 Å². The number of aryl methyl sites for hydroxylation is 1. The van der Waals surface area contributed by atoms with Gasteiger partial charge in [-0.25, -0.2) is 0 Å². The molecule has 4 nitrogen and oxygen atoms in total. The van der Waals surface area contributed by atoms with E-state index in [0.717, 1.165) is 24.8 Å². The molecule has 3 rings (SSSR count). The first-order valence-electron chi connectivity index (χ1n) is 5.81. The average molecular weight is 230 g/mol. The number of hydrogen-bond donors (Lipinski definition) is 2. The molecule has 0 saturated heterocycles. The Labute approximate surface area is 99.0 Å². The SMILES string of the molecule is Nc1oncc1-c1ccc2c(c1O)CCCC2. The molecule has 17 heavy (non-hydrogen) atoms. The van der Waals surface area contributed by atoms with E-state index in [0.29, 0.717) is 16.9 Å². The average Bonchev–Trinajstić information content (AvgIpc) is 2.76. The van der Waals surface area contributed by atoms with Gasteiger partial charge in [0.2, 0.25) is 5.88 Å². The number of fused-ring (bicyclic) bond motifs is 1. The highest BCUT2D eigenvalue weighted by atomic mass is 16.5. The Bertz CT molecular complexity index is 561. The molecule has 1 aliphatic carbocycles. The van der Waals surface area contributed by atoms with Gasteiger partial charge < -0.3 is 15.4 Å². The summed E-state index contributed by atoms with van der Waals surface area (Å²) in [7, 11) is 0. The number of hydrogen-bond acceptors (Lipinski definition) is 4. The van der Waals surface area contributed by atoms with Crippen LogP contribution < -0.4 is 5.73 Å². The van der Waals surface area contributed by atoms with Crippen molar-refractivity contribution in [2.45, 2.75) is 25.7 Å². The molecule has 1 aromatic heterocycles. The second-order valence-electron chi connectivity index (χ2n) is 4.41. The molecular formula is C13H14N2O2. The van der Waals surface area contributed by atoms with Crippen molar-refractivity contribution >= 4 is 5.88 Å². The number of aromatic nitrogens is 1. The Hall–Kier alpha value is -1.97. The molecule has 1 aliphatic rings. The van der Waals surface area contributed by atoms with Crippen LogP contribution in [0.1, 0.15) is 24.0 Å². The number of benzene rings is 1. The summed E-state index contributed by atoms with van der Waals surface area (Å²) in [4.78, 5) is 0. The van der Waals surface area contributed by atoms with Crippen LogP contribution in [-0.2, 0) is 12.8 Å². The Morgan fingerprint density at radius 3 is 2.76 bits per heavy atom. The lowest BCUT2D eigenvalue weighted by Gasteiger charge is -2.18. The number of phenolic OH excluding ortho intramolecular Hbond substituents is 1. The third-order valence-corrected chi connectivity index (χ3v) is 3.39. The highest BCUT2D eigenvalue weighted by molar-refractivity contribution is 5.78. The van der Waals surface area contributed by atoms with Crippen LogP contribution in [0.15, 0.2) is 22.9 Å². The lowest BCUT2D eigenvalue weighted by Crippen LogP contribution is -2.03. The molecule has 88 valence electrons. The highest BCUT2D eigenvalue weighted by Crippen LogP contribution is 2.39. The zero-order valence-corrected chi connectivity index (χ0v) is 9.44. The summed E-state index contributed by atoms with van der Waals surface area (Å²) < 4.78 is 4.83. The number of anilines is 1. The van der Waals surface area contributed by atoms with E-state index in [2.05, 4.69) is 11.2 Å². The maximum absolute atomic E-state index is 10.3. The molecule has 0 unspecified atom stereocenters. The van der Waals surface area contributed by atoms with Crippen LogP contribution in [0, 0.1) is 0 Å². The minimum absolute atomic E-state index is 0.246. The van der Waals surface area contributed by atoms with E-state index in [1.807, 2.05) is 6.07 Å². The standard InChI is InChI=1S/C13H14N2O2/c14-13-11(7-15-17-13)10-6-5-8-3-1-2-4-9(8)12(10)16/h5-7,16H,1-4,14H2. The first-order valence-corrected chi connectivity index (χ1v) is 5.81. The van der Waals surface area contributed by atoms with Crippen LogP contribution in [0.5, 0.6) is 5.75 Å². The van der Waals surface area contributed by atoms with Crippen molar-refractivity contribution in [1.29, 1.82) is 0 Å². The van der Waals surface area contributed by atoms with Crippen molar-refractivity contribution in [3.63, 3.8) is 0 Å². The molecule has 4 heteroatoms. The van der Waals surface area contributed by atoms with Gasteiger partial charge in [-0.05, 0) is 36.8 Å². The van der Waals surface area contributed by atoms with Gasteiger partial charge in [0.05, 0.1) is 11.8 Å². The summed E-state index contributed by atoms with van der Waals surface area (Å²) in [5.74, 6) is 0.577. The number of nitrogens with zero attached hydrogens (tertiary/aromatic N) is 1. The van der Waals surface area contributed by atoms with E-state index in [1.165, 1.54) is 12.0 Å². The zero-order chi connectivity index (χ0) is 11.8. The first-order chi connectivity index (χ1) is 8.27. The fraction of sp³-hybridized carbons (Fsp3) is 0.308. The van der Waals surface area contributed by atoms with Gasteiger partial charge in [-0.15, -0.1) is 0 Å². The number of nitrogens with two attached hydrogens (primary N) is 1. The molecule has 3 N–H and O–H groups in total. The second kappa shape index (κ2) is 3.80. The van der Waals surface area contributed by atoms with Crippen molar-refractivity contribution in [2.75, 3.05) is 5.73 Å². The molecule has 0 fully saturated rings. The van der Waals surface area contributed by atoms with Crippen molar-refractivity contribution in [3.05, 3.63) is 29.5 Å². The summed E-state index contributed by atoms with van der Waals surface area (Å²) in [6, 6.07) is 3.96. The Morgan fingerprint density at radius 1 is 1.18 bits per heavy atom. The Morgan fingerprint density at radius 2 is 2.00 bits per heavy atom. The lowest BCUT2D eigenvalue weighted by molar-refractivity contribution is 0.436. The van der Waals surface area contributed by atoms with E-state index >= 15 is 0 Å². The minimum atomic E-state index is 0.246. The number of aromatic hydroxyl groups is 1. The predicted molar refractivity (Wildman–Crippen MR) is 64.7 cm³/mol. The zero-order valence-electron chi connectivity index (χ0n) is 9.44. The van der Waals surface area contributed by atoms with Crippen molar-refractivity contribution < 1.29 is 9.63 Å². The monoisotopic (exact) mass is 230 g/mol. The first kappa shape index (κ1) is 10.2. The third kappa shape index (κ3) is 1.56. The smallest absolute Gasteiger partial charge is 0.230 e. The number of rotatable bonds is 1. The van der Waals surface area contributed by atoms with Gasteiger partial charge in [0.25, 0.3) is 0 Å². The second-order valence-corrected chi connectivity index (χ2v) is 4.41. The molecule has 2 aromatic rings. The van der Waals surface area contributed by atoms with Crippen LogP contribution in [0.25, 0.3) is 11.1 Å². The van der Waals surface area contributed by atoms with Crippen LogP contribution in [0.2, 0.25) is 0 Å². The van der Waals surface area contributed by atoms with Gasteiger partial charge in [0.15, 0.2) is 0 Å². The number of nitrogen functional groups attached to an aromatic ring is 1. The normalized spacial score (nSPS) is 14.6. The van der Waals surface area contributed by atoms with E-state index in [-0.39, 0.29) is 5.88 Å². The van der Waals surface area contributed by atoms with Gasteiger partial charge in [-0.1, -0.05) is 17.3 Å². The van der Waals surface area contributed by atoms with Gasteiger partial charge in [0, 0.05) is 5.56 Å². The molecule has 0 bridgehead atoms. The predicted octanol–water partition coefficient (Wildman–Crippen LogP) is 2.51. The third-order valence-electron chi connectivity index (χ3n) is 3.39. The summed E-state index contributed by atoms with van der Waals surface area (Å²) in [5.41, 5.74) is 9.35. The van der Waals surface area contributed by atoms with Crippen LogP contribution in [-0.4, -0.2) is 10.3 Å². The molecule has 0 radical (unpaired) electrons. The molecule has 0 spiro atoms. The minimum Gasteiger partial charge on any atom is -0.507 e. The summed E-state index contributed by atoms with van der Waals surface area (Å²) in [6.45, 7) is 0. The van der Waals surface area contributed by atoms with E-state index in [9.17, 15) is 5.11 Å². The van der Waals surface area contributed by atoms with Gasteiger partial charge in [-0.3, -0.25) is 0 Å². The van der Waals surface area contributed by atoms with E-state index in [1.54, 1.807) is 6.20 Å². The van der Waals surface area contributed by atoms with Gasteiger partial charge >= 0.3 is 0 Å². The summed E-state index contributed by atoms with van der Waals surface area (Å²) in [5, 5.41) is 13.9. The fourth-order valence-electron chi connectivity index (χ4n) is 2.48. The molecule has 0 atom stereocenters. The lowest BCUT2D eigenvalue weighted by atomic mass is 9.88. The quantitative estimate of drug-likeness (QED) is 0.789. The molecular weight excluding hydrogens is 216 g/mol. The van der Waals surface area contributed by atoms with Crippen molar-refractivity contribution in [2.24, 2.45) is 0 Å². The van der Waals surface area contributed by atoms with Gasteiger partial charge in [0.1, 0.15) is 5.75 Å². The molecule has 0 amide bonds. The van der Waals surface area contributed by atoms with Crippen LogP contribution >= 0.6 is 0 Å². The number of phenols is 1. The maximum atomic E-state index is 10.3. The van der Waals surface area contributed by atoms with Crippen LogP contribution in [0.3, 0.4) is 0 Å². The summed E-state index contributed by atoms with van der Waals surface area (Å²) >= 11 is 0. The molecule has 0 saturated carbocycles. The van der Waals surface area contributed by atoms with E-state index in [4.69, 9.17) is 10.3 Å². The van der Waals surface area contributed by atoms with Gasteiger partial charge in [-0.2, -0.15) is 0 Å². The largest absolute Gasteiger partial charge is 0.507 e. The molecule has 1 aromatic carbocycles. The molecule has 1 heterocycles. The summed E-state index contributed by atoms with van der Waals surface area (Å²) in [6.07, 6.45) is 5.84. The van der Waals surface area contributed by atoms with Crippen molar-refractivity contribution in [3.8, 4) is 16.9 Å². The van der Waals surface area contributed by atoms with Crippen LogP contribution in [0.4, 0.5) is 5.88 Å². The maximum Gasteiger partial charge on any atom is 0.230 e. The Kier molecular flexibility index (Phi) is 2.28. The highest BCUT2D eigenvalue weighted by Gasteiger charge is 2.19. The van der Waals surface area contributed by atoms with Crippen molar-refractivity contribution in [1.82, 2.24) is 5.16 Å². The Balaban J connectivity index is 2.16. The molecule has 0 aliphatic heterocycles. The topological polar surface area (TPSA) is 72.3 Å².